The molecule has 0 aliphatic carbocycles. The number of carboxylic acids is 1. The lowest BCUT2D eigenvalue weighted by Gasteiger charge is -1.99. The number of carboxylic acid groups (broad SMARTS) is 1. The summed E-state index contributed by atoms with van der Waals surface area (Å²) >= 11 is 0. The van der Waals surface area contributed by atoms with E-state index < -0.39 is 31.0 Å². The number of nitrogens with one attached hydrogen (secondary N) is 1. The molecule has 0 aromatic carbocycles. The van der Waals surface area contributed by atoms with E-state index in [9.17, 15) is 4.79 Å². The molecule has 1 aliphatic heterocycles. The zero-order valence-corrected chi connectivity index (χ0v) is 4.59. The molecule has 0 aromatic heterocycles. The topological polar surface area (TPSA) is 69.6 Å². The molecule has 3 N–H and O–H groups in total. The Morgan fingerprint density at radius 3 is 2.89 bits per heavy atom. The third-order valence-electron chi connectivity index (χ3n) is 1.09. The average molecular weight is 134 g/mol. The minimum Gasteiger partial charge on any atom is -0.480 e. The maximum absolute atomic E-state index is 10.4. The number of rotatable bonds is 1. The molecule has 52 valence electrons. The summed E-state index contributed by atoms with van der Waals surface area (Å²) in [5.74, 6) is -1.26. The van der Waals surface area contributed by atoms with Gasteiger partial charge in [-0.3, -0.25) is 4.79 Å². The maximum Gasteiger partial charge on any atom is 0.320 e. The van der Waals surface area contributed by atoms with Crippen molar-refractivity contribution in [2.45, 2.75) is 18.5 Å². The number of aliphatic carboxylic acids is 1. The van der Waals surface area contributed by atoms with Gasteiger partial charge < -0.3 is 15.5 Å². The second-order valence-electron chi connectivity index (χ2n) is 1.81. The largest absolute Gasteiger partial charge is 0.480 e. The summed E-state index contributed by atoms with van der Waals surface area (Å²) in [6.07, 6.45) is -2.81. The molecule has 0 spiro atoms. The number of β-amino-alcohol motifs (C(OH)–C–C–N with tert-alkyl or cyclic N) is 1. The maximum atomic E-state index is 10.4. The van der Waals surface area contributed by atoms with Crippen molar-refractivity contribution in [1.82, 2.24) is 5.32 Å². The molecule has 1 aliphatic rings. The number of aliphatic hydroxyl groups is 1. The fraction of sp³-hybridized carbons (Fsp3) is 0.800. The normalized spacial score (nSPS) is 53.4. The Bertz CT molecular complexity index is 202. The van der Waals surface area contributed by atoms with Gasteiger partial charge in [0.25, 0.3) is 0 Å². The van der Waals surface area contributed by atoms with Gasteiger partial charge in [0.2, 0.25) is 0 Å². The summed E-state index contributed by atoms with van der Waals surface area (Å²) in [4.78, 5) is 10.4. The van der Waals surface area contributed by atoms with Crippen molar-refractivity contribution in [2.75, 3.05) is 6.50 Å². The fourth-order valence-corrected chi connectivity index (χ4v) is 0.615. The standard InChI is InChI=1S/C5H9NO3/c7-3-1-4(5(8)9)6-2-3/h3-4,6-7H,1-2H2,(H,8,9)/i2D2,3D. The number of hydrogen-bond acceptors (Lipinski definition) is 3. The second kappa shape index (κ2) is 2.33. The second-order valence-corrected chi connectivity index (χ2v) is 1.81. The van der Waals surface area contributed by atoms with E-state index >= 15 is 0 Å². The zero-order chi connectivity index (χ0) is 9.57. The highest BCUT2D eigenvalue weighted by molar-refractivity contribution is 5.73. The predicted octanol–water partition coefficient (Wildman–Crippen LogP) is -1.21. The first-order valence-electron chi connectivity index (χ1n) is 3.99. The van der Waals surface area contributed by atoms with Crippen molar-refractivity contribution >= 4 is 5.97 Å². The lowest BCUT2D eigenvalue weighted by molar-refractivity contribution is -0.139. The van der Waals surface area contributed by atoms with Gasteiger partial charge in [0.15, 0.2) is 0 Å². The molecule has 0 saturated carbocycles. The van der Waals surface area contributed by atoms with Gasteiger partial charge in [0, 0.05) is 15.7 Å². The molecule has 1 saturated heterocycles. The Hall–Kier alpha value is -0.610. The first kappa shape index (κ1) is 3.53. The Morgan fingerprint density at radius 1 is 2.00 bits per heavy atom. The van der Waals surface area contributed by atoms with Crippen molar-refractivity contribution in [3.63, 3.8) is 0 Å². The van der Waals surface area contributed by atoms with Crippen LogP contribution in [0, 0.1) is 0 Å². The molecule has 0 radical (unpaired) electrons. The fourth-order valence-electron chi connectivity index (χ4n) is 0.615. The van der Waals surface area contributed by atoms with Crippen LogP contribution in [0.15, 0.2) is 0 Å². The molecule has 0 aromatic rings. The number of carbonyl (C=O) groups is 1. The van der Waals surface area contributed by atoms with Crippen molar-refractivity contribution in [3.8, 4) is 0 Å². The van der Waals surface area contributed by atoms with Crippen LogP contribution in [0.25, 0.3) is 0 Å². The van der Waals surface area contributed by atoms with Crippen LogP contribution in [-0.4, -0.2) is 34.8 Å². The van der Waals surface area contributed by atoms with Gasteiger partial charge in [0.05, 0.1) is 7.45 Å². The van der Waals surface area contributed by atoms with E-state index in [1.54, 1.807) is 0 Å². The SMILES string of the molecule is [2H]C1(O)CC(C(=O)O)NC1([2H])[2H]. The van der Waals surface area contributed by atoms with Gasteiger partial charge >= 0.3 is 5.97 Å². The van der Waals surface area contributed by atoms with E-state index in [-0.39, 0.29) is 0 Å². The Morgan fingerprint density at radius 2 is 2.67 bits per heavy atom. The predicted molar refractivity (Wildman–Crippen MR) is 30.1 cm³/mol. The van der Waals surface area contributed by atoms with Crippen LogP contribution in [-0.2, 0) is 4.79 Å². The monoisotopic (exact) mass is 134 g/mol. The smallest absolute Gasteiger partial charge is 0.320 e. The molecule has 9 heavy (non-hydrogen) atoms. The highest BCUT2D eigenvalue weighted by Gasteiger charge is 2.27. The summed E-state index contributed by atoms with van der Waals surface area (Å²) < 4.78 is 21.2. The molecule has 1 fully saturated rings. The summed E-state index contributed by atoms with van der Waals surface area (Å²) in [5, 5.41) is 19.6. The highest BCUT2D eigenvalue weighted by atomic mass is 16.4. The molecule has 1 heterocycles. The summed E-state index contributed by atoms with van der Waals surface area (Å²) in [7, 11) is 0. The van der Waals surface area contributed by atoms with E-state index in [2.05, 4.69) is 0 Å². The van der Waals surface area contributed by atoms with Crippen LogP contribution in [0.4, 0.5) is 0 Å². The van der Waals surface area contributed by atoms with Crippen molar-refractivity contribution in [1.29, 1.82) is 0 Å². The molecule has 2 unspecified atom stereocenters. The van der Waals surface area contributed by atoms with Crippen molar-refractivity contribution < 1.29 is 19.1 Å². The van der Waals surface area contributed by atoms with E-state index in [4.69, 9.17) is 14.3 Å². The highest BCUT2D eigenvalue weighted by Crippen LogP contribution is 2.05. The summed E-state index contributed by atoms with van der Waals surface area (Å²) in [5.41, 5.74) is 0. The molecular weight excluding hydrogens is 122 g/mol. The van der Waals surface area contributed by atoms with Gasteiger partial charge in [-0.2, -0.15) is 0 Å². The van der Waals surface area contributed by atoms with Gasteiger partial charge in [-0.15, -0.1) is 0 Å². The summed E-state index contributed by atoms with van der Waals surface area (Å²) in [6.45, 7) is -2.37. The minimum absolute atomic E-state index is 0.449. The average Bonchev–Trinajstić information content (AvgIpc) is 2.03. The Labute approximate surface area is 56.7 Å². The van der Waals surface area contributed by atoms with Crippen molar-refractivity contribution in [2.24, 2.45) is 0 Å². The quantitative estimate of drug-likeness (QED) is 0.421. The third kappa shape index (κ3) is 1.40. The van der Waals surface area contributed by atoms with Gasteiger partial charge in [-0.1, -0.05) is 0 Å². The van der Waals surface area contributed by atoms with Crippen LogP contribution in [0.5, 0.6) is 0 Å². The molecule has 0 amide bonds. The first-order valence-corrected chi connectivity index (χ1v) is 2.49. The molecule has 4 heteroatoms. The third-order valence-corrected chi connectivity index (χ3v) is 1.09. The first-order chi connectivity index (χ1) is 5.26. The molecular formula is C5H9NO3. The van der Waals surface area contributed by atoms with Crippen LogP contribution >= 0.6 is 0 Å². The van der Waals surface area contributed by atoms with E-state index in [1.807, 2.05) is 5.32 Å². The number of hydrogen-bond donors (Lipinski definition) is 3. The van der Waals surface area contributed by atoms with Crippen molar-refractivity contribution in [3.05, 3.63) is 0 Å². The van der Waals surface area contributed by atoms with Crippen LogP contribution in [0.3, 0.4) is 0 Å². The van der Waals surface area contributed by atoms with E-state index in [1.165, 1.54) is 0 Å². The molecule has 2 atom stereocenters. The molecule has 1 rings (SSSR count). The van der Waals surface area contributed by atoms with Gasteiger partial charge in [0.1, 0.15) is 6.04 Å². The minimum atomic E-state index is -2.37. The zero-order valence-electron chi connectivity index (χ0n) is 7.59. The lowest BCUT2D eigenvalue weighted by atomic mass is 10.2. The van der Waals surface area contributed by atoms with Crippen LogP contribution in [0.1, 0.15) is 10.5 Å². The van der Waals surface area contributed by atoms with Crippen LogP contribution < -0.4 is 5.32 Å². The molecule has 4 nitrogen and oxygen atoms in total. The molecule has 0 bridgehead atoms. The van der Waals surface area contributed by atoms with E-state index in [0.717, 1.165) is 0 Å². The van der Waals surface area contributed by atoms with E-state index in [0.29, 0.717) is 0 Å². The Kier molecular flexibility index (Phi) is 0.913. The van der Waals surface area contributed by atoms with Crippen LogP contribution in [0.2, 0.25) is 0 Å². The van der Waals surface area contributed by atoms with Gasteiger partial charge in [-0.05, 0) is 0 Å². The van der Waals surface area contributed by atoms with Gasteiger partial charge in [-0.25, -0.2) is 0 Å². The Balaban J connectivity index is 2.81. The lowest BCUT2D eigenvalue weighted by Crippen LogP contribution is -2.29. The summed E-state index contributed by atoms with van der Waals surface area (Å²) in [6, 6.07) is -1.19.